The van der Waals surface area contributed by atoms with E-state index in [1.165, 1.54) is 25.9 Å². The van der Waals surface area contributed by atoms with Crippen molar-refractivity contribution >= 4 is 40.3 Å². The van der Waals surface area contributed by atoms with Gasteiger partial charge in [0.1, 0.15) is 6.04 Å². The predicted octanol–water partition coefficient (Wildman–Crippen LogP) is 2.74. The number of carbonyl (C=O) groups excluding carboxylic acids is 2. The van der Waals surface area contributed by atoms with E-state index in [1.807, 2.05) is 29.2 Å². The number of aromatic amines is 1. The van der Waals surface area contributed by atoms with Gasteiger partial charge >= 0.3 is 11.7 Å². The van der Waals surface area contributed by atoms with Crippen LogP contribution in [0.5, 0.6) is 0 Å². The third kappa shape index (κ3) is 6.34. The van der Waals surface area contributed by atoms with Crippen molar-refractivity contribution in [2.45, 2.75) is 50.2 Å². The number of piperazine rings is 1. The van der Waals surface area contributed by atoms with Gasteiger partial charge in [-0.2, -0.15) is 0 Å². The fourth-order valence-corrected chi connectivity index (χ4v) is 8.44. The van der Waals surface area contributed by atoms with Gasteiger partial charge in [0.2, 0.25) is 5.91 Å². The largest absolute Gasteiger partial charge is 0.397 e. The van der Waals surface area contributed by atoms with Crippen molar-refractivity contribution < 1.29 is 9.59 Å². The Bertz CT molecular complexity index is 1740. The summed E-state index contributed by atoms with van der Waals surface area (Å²) in [5.74, 6) is 3.21. The number of nitrogens with two attached hydrogens (primary N) is 1. The summed E-state index contributed by atoms with van der Waals surface area (Å²) in [6.07, 6.45) is 9.71. The number of likely N-dealkylation sites (tertiary alicyclic amines) is 1. The maximum Gasteiger partial charge on any atom is 0.326 e. The zero-order valence-electron chi connectivity index (χ0n) is 26.7. The number of imidazole rings is 1. The van der Waals surface area contributed by atoms with E-state index >= 15 is 0 Å². The van der Waals surface area contributed by atoms with Crippen LogP contribution in [-0.4, -0.2) is 112 Å². The lowest BCUT2D eigenvalue weighted by molar-refractivity contribution is -0.136. The Morgan fingerprint density at radius 3 is 2.40 bits per heavy atom. The van der Waals surface area contributed by atoms with E-state index in [0.717, 1.165) is 42.1 Å². The highest BCUT2D eigenvalue weighted by Gasteiger charge is 2.39. The molecule has 5 aliphatic heterocycles. The van der Waals surface area contributed by atoms with Crippen molar-refractivity contribution in [2.24, 2.45) is 5.92 Å². The van der Waals surface area contributed by atoms with Crippen LogP contribution in [0, 0.1) is 18.3 Å². The van der Waals surface area contributed by atoms with Gasteiger partial charge in [-0.3, -0.25) is 14.3 Å². The number of halogens is 1. The van der Waals surface area contributed by atoms with Gasteiger partial charge in [-0.1, -0.05) is 29.7 Å². The number of nitrogens with one attached hydrogen (secondary N) is 2. The number of terminal acetylenes is 1. The molecule has 0 spiro atoms. The van der Waals surface area contributed by atoms with Crippen LogP contribution in [0.2, 0.25) is 5.02 Å². The average Bonchev–Trinajstić information content (AvgIpc) is 3.45. The molecule has 0 saturated carbocycles. The normalized spacial score (nSPS) is 24.3. The molecule has 2 atom stereocenters. The number of anilines is 1. The Balaban J connectivity index is 1.03. The summed E-state index contributed by atoms with van der Waals surface area (Å²) in [4.78, 5) is 52.3. The minimum Gasteiger partial charge on any atom is -0.397 e. The molecule has 0 radical (unpaired) electrons. The molecule has 5 aliphatic rings. The van der Waals surface area contributed by atoms with E-state index in [2.05, 4.69) is 26.0 Å². The molecule has 8 rings (SSSR count). The fourth-order valence-electron chi connectivity index (χ4n) is 8.19. The highest BCUT2D eigenvalue weighted by Crippen LogP contribution is 2.32. The molecule has 6 heterocycles. The number of fused-ring (bicyclic) bond motifs is 4. The van der Waals surface area contributed by atoms with Gasteiger partial charge in [-0.05, 0) is 74.5 Å². The van der Waals surface area contributed by atoms with E-state index in [4.69, 9.17) is 23.8 Å². The molecule has 12 heteroatoms. The lowest BCUT2D eigenvalue weighted by Gasteiger charge is -2.51. The van der Waals surface area contributed by atoms with Crippen LogP contribution in [0.15, 0.2) is 41.2 Å². The van der Waals surface area contributed by atoms with E-state index in [9.17, 15) is 14.4 Å². The second-order valence-electron chi connectivity index (χ2n) is 13.5. The van der Waals surface area contributed by atoms with Crippen LogP contribution in [0.25, 0.3) is 11.0 Å². The number of piperidine rings is 4. The molecule has 248 valence electrons. The third-order valence-corrected chi connectivity index (χ3v) is 11.2. The standard InChI is InChI=1S/C35H43ClN8O3/c1-2-24-19-23(20-27(36)32(24)37)21-29(33(45)42-17-15-41(16-18-42)31-22-40-11-7-25(31)8-12-40)39-34(46)43-13-9-26(10-14-43)44-30-6-4-3-5-28(30)38-35(44)47/h1,3-6,19-20,25-26,29,31H,7-18,21-22,37H2,(H,38,47)(H,39,46)/t29-,31?/m1/s1. The Hall–Kier alpha value is -3.98. The van der Waals surface area contributed by atoms with Crippen molar-refractivity contribution in [1.29, 1.82) is 0 Å². The molecule has 1 unspecified atom stereocenters. The summed E-state index contributed by atoms with van der Waals surface area (Å²) in [7, 11) is 0. The highest BCUT2D eigenvalue weighted by atomic mass is 35.5. The molecular formula is C35H43ClN8O3. The summed E-state index contributed by atoms with van der Waals surface area (Å²) in [6, 6.07) is 10.6. The molecule has 5 saturated heterocycles. The number of urea groups is 1. The van der Waals surface area contributed by atoms with Gasteiger partial charge in [0.15, 0.2) is 0 Å². The molecule has 2 aromatic carbocycles. The summed E-state index contributed by atoms with van der Waals surface area (Å²) in [5.41, 5.74) is 9.13. The summed E-state index contributed by atoms with van der Waals surface area (Å²) >= 11 is 6.41. The molecule has 3 aromatic rings. The smallest absolute Gasteiger partial charge is 0.326 e. The number of benzene rings is 2. The second-order valence-corrected chi connectivity index (χ2v) is 13.9. The van der Waals surface area contributed by atoms with Crippen LogP contribution in [0.4, 0.5) is 10.5 Å². The number of amides is 3. The number of para-hydroxylation sites is 2. The first-order chi connectivity index (χ1) is 22.8. The van der Waals surface area contributed by atoms with E-state index in [0.29, 0.717) is 61.3 Å². The number of hydrogen-bond acceptors (Lipinski definition) is 6. The molecular weight excluding hydrogens is 616 g/mol. The molecule has 0 aliphatic carbocycles. The van der Waals surface area contributed by atoms with E-state index < -0.39 is 6.04 Å². The number of H-pyrrole nitrogens is 1. The molecule has 1 aromatic heterocycles. The Morgan fingerprint density at radius 1 is 1.00 bits per heavy atom. The maximum absolute atomic E-state index is 14.1. The van der Waals surface area contributed by atoms with Crippen molar-refractivity contribution in [3.05, 3.63) is 63.0 Å². The quantitative estimate of drug-likeness (QED) is 0.277. The van der Waals surface area contributed by atoms with Crippen LogP contribution in [0.3, 0.4) is 0 Å². The predicted molar refractivity (Wildman–Crippen MR) is 183 cm³/mol. The minimum absolute atomic E-state index is 0.0216. The van der Waals surface area contributed by atoms with Crippen LogP contribution in [-0.2, 0) is 11.2 Å². The second kappa shape index (κ2) is 13.3. The monoisotopic (exact) mass is 658 g/mol. The van der Waals surface area contributed by atoms with Crippen molar-refractivity contribution in [2.75, 3.05) is 64.6 Å². The van der Waals surface area contributed by atoms with Crippen LogP contribution in [0.1, 0.15) is 42.9 Å². The molecule has 11 nitrogen and oxygen atoms in total. The maximum atomic E-state index is 14.1. The van der Waals surface area contributed by atoms with Gasteiger partial charge in [0.25, 0.3) is 0 Å². The minimum atomic E-state index is -0.801. The fraction of sp³-hybridized carbons (Fsp3) is 0.514. The number of nitrogen functional groups attached to an aromatic ring is 1. The third-order valence-electron chi connectivity index (χ3n) is 10.8. The van der Waals surface area contributed by atoms with Crippen LogP contribution >= 0.6 is 11.6 Å². The topological polar surface area (TPSA) is 123 Å². The molecule has 4 N–H and O–H groups in total. The number of nitrogens with zero attached hydrogens (tertiary/aromatic N) is 5. The number of aromatic nitrogens is 2. The van der Waals surface area contributed by atoms with Gasteiger partial charge < -0.3 is 30.7 Å². The average molecular weight is 659 g/mol. The first-order valence-electron chi connectivity index (χ1n) is 16.8. The molecule has 2 bridgehead atoms. The van der Waals surface area contributed by atoms with Gasteiger partial charge in [0, 0.05) is 69.9 Å². The van der Waals surface area contributed by atoms with Crippen molar-refractivity contribution in [3.63, 3.8) is 0 Å². The molecule has 3 amide bonds. The SMILES string of the molecule is C#Cc1cc(C[C@@H](NC(=O)N2CCC(n3c(=O)[nH]c4ccccc43)CC2)C(=O)N2CCN(C3CN4CCC3CC4)CC2)cc(Cl)c1N. The van der Waals surface area contributed by atoms with Crippen molar-refractivity contribution in [3.8, 4) is 12.3 Å². The summed E-state index contributed by atoms with van der Waals surface area (Å²) < 4.78 is 1.81. The van der Waals surface area contributed by atoms with Gasteiger partial charge in [-0.25, -0.2) is 9.59 Å². The van der Waals surface area contributed by atoms with E-state index in [1.54, 1.807) is 21.6 Å². The molecule has 5 fully saturated rings. The number of hydrogen-bond donors (Lipinski definition) is 3. The number of carbonyl (C=O) groups is 2. The lowest BCUT2D eigenvalue weighted by Crippen LogP contribution is -2.63. The van der Waals surface area contributed by atoms with Gasteiger partial charge in [-0.15, -0.1) is 6.42 Å². The first kappa shape index (κ1) is 31.6. The Morgan fingerprint density at radius 2 is 1.72 bits per heavy atom. The highest BCUT2D eigenvalue weighted by molar-refractivity contribution is 6.33. The lowest BCUT2D eigenvalue weighted by atomic mass is 9.83. The van der Waals surface area contributed by atoms with Crippen LogP contribution < -0.4 is 16.7 Å². The Labute approximate surface area is 280 Å². The first-order valence-corrected chi connectivity index (χ1v) is 17.2. The van der Waals surface area contributed by atoms with Crippen molar-refractivity contribution in [1.82, 2.24) is 34.5 Å². The van der Waals surface area contributed by atoms with Gasteiger partial charge in [0.05, 0.1) is 21.7 Å². The van der Waals surface area contributed by atoms with E-state index in [-0.39, 0.29) is 30.1 Å². The molecule has 47 heavy (non-hydrogen) atoms. The zero-order chi connectivity index (χ0) is 32.7. The Kier molecular flexibility index (Phi) is 8.92. The summed E-state index contributed by atoms with van der Waals surface area (Å²) in [6.45, 7) is 7.38. The number of rotatable bonds is 6. The zero-order valence-corrected chi connectivity index (χ0v) is 27.4. The summed E-state index contributed by atoms with van der Waals surface area (Å²) in [5, 5.41) is 3.39.